The van der Waals surface area contributed by atoms with Gasteiger partial charge in [0, 0.05) is 11.6 Å². The highest BCUT2D eigenvalue weighted by Gasteiger charge is 2.21. The predicted molar refractivity (Wildman–Crippen MR) is 62.6 cm³/mol. The Bertz CT molecular complexity index is 513. The molecule has 0 amide bonds. The molecule has 0 aromatic carbocycles. The van der Waals surface area contributed by atoms with Gasteiger partial charge in [0.15, 0.2) is 5.82 Å². The Morgan fingerprint density at radius 2 is 2.00 bits per heavy atom. The van der Waals surface area contributed by atoms with E-state index in [1.807, 2.05) is 13.0 Å². The number of aryl methyl sites for hydroxylation is 1. The van der Waals surface area contributed by atoms with Crippen LogP contribution in [0.25, 0.3) is 0 Å². The summed E-state index contributed by atoms with van der Waals surface area (Å²) < 4.78 is 5.21. The molecule has 0 bridgehead atoms. The topological polar surface area (TPSA) is 64.7 Å². The Labute approximate surface area is 100 Å². The summed E-state index contributed by atoms with van der Waals surface area (Å²) in [5.41, 5.74) is 0.796. The van der Waals surface area contributed by atoms with Crippen LogP contribution in [0.5, 0.6) is 0 Å². The number of hydrogen-bond donors (Lipinski definition) is 0. The zero-order valence-electron chi connectivity index (χ0n) is 10.6. The molecule has 0 aliphatic carbocycles. The summed E-state index contributed by atoms with van der Waals surface area (Å²) in [6.07, 6.45) is 2.28. The van der Waals surface area contributed by atoms with Gasteiger partial charge in [-0.05, 0) is 13.0 Å². The number of hydrogen-bond acceptors (Lipinski definition) is 5. The van der Waals surface area contributed by atoms with Gasteiger partial charge in [-0.15, -0.1) is 0 Å². The van der Waals surface area contributed by atoms with E-state index in [9.17, 15) is 0 Å². The van der Waals surface area contributed by atoms with Crippen molar-refractivity contribution in [2.75, 3.05) is 0 Å². The fourth-order valence-corrected chi connectivity index (χ4v) is 1.39. The van der Waals surface area contributed by atoms with Crippen LogP contribution in [0.2, 0.25) is 0 Å². The molecule has 0 radical (unpaired) electrons. The second-order valence-electron chi connectivity index (χ2n) is 5.03. The Balaban J connectivity index is 2.17. The fourth-order valence-electron chi connectivity index (χ4n) is 1.39. The van der Waals surface area contributed by atoms with E-state index < -0.39 is 0 Å². The molecule has 90 valence electrons. The highest BCUT2D eigenvalue weighted by molar-refractivity contribution is 5.08. The first-order valence-corrected chi connectivity index (χ1v) is 5.57. The van der Waals surface area contributed by atoms with Gasteiger partial charge in [-0.2, -0.15) is 4.98 Å². The summed E-state index contributed by atoms with van der Waals surface area (Å²) in [5, 5.41) is 3.98. The van der Waals surface area contributed by atoms with Crippen LogP contribution in [-0.4, -0.2) is 20.1 Å². The minimum absolute atomic E-state index is 0.0939. The summed E-state index contributed by atoms with van der Waals surface area (Å²) in [6, 6.07) is 1.86. The number of rotatable bonds is 2. The second-order valence-corrected chi connectivity index (χ2v) is 5.03. The monoisotopic (exact) mass is 232 g/mol. The highest BCUT2D eigenvalue weighted by Crippen LogP contribution is 2.19. The van der Waals surface area contributed by atoms with E-state index in [4.69, 9.17) is 4.52 Å². The maximum Gasteiger partial charge on any atom is 0.232 e. The molecule has 2 rings (SSSR count). The van der Waals surface area contributed by atoms with Gasteiger partial charge in [0.2, 0.25) is 5.89 Å². The van der Waals surface area contributed by atoms with Crippen LogP contribution in [0.4, 0.5) is 0 Å². The molecule has 2 heterocycles. The van der Waals surface area contributed by atoms with Crippen LogP contribution >= 0.6 is 0 Å². The smallest absolute Gasteiger partial charge is 0.232 e. The molecule has 5 heteroatoms. The van der Waals surface area contributed by atoms with Crippen molar-refractivity contribution < 1.29 is 4.52 Å². The molecule has 5 nitrogen and oxygen atoms in total. The van der Waals surface area contributed by atoms with Gasteiger partial charge in [-0.3, -0.25) is 0 Å². The van der Waals surface area contributed by atoms with Gasteiger partial charge < -0.3 is 4.52 Å². The van der Waals surface area contributed by atoms with Gasteiger partial charge in [0.25, 0.3) is 0 Å². The Kier molecular flexibility index (Phi) is 2.92. The summed E-state index contributed by atoms with van der Waals surface area (Å²) in [5.74, 6) is 2.06. The second kappa shape index (κ2) is 4.24. The molecule has 0 saturated carbocycles. The maximum atomic E-state index is 5.21. The third kappa shape index (κ3) is 2.87. The zero-order valence-corrected chi connectivity index (χ0v) is 10.6. The third-order valence-electron chi connectivity index (χ3n) is 2.30. The van der Waals surface area contributed by atoms with Crippen molar-refractivity contribution in [1.82, 2.24) is 20.1 Å². The van der Waals surface area contributed by atoms with Crippen LogP contribution in [0.3, 0.4) is 0 Å². The molecule has 17 heavy (non-hydrogen) atoms. The van der Waals surface area contributed by atoms with E-state index in [-0.39, 0.29) is 5.41 Å². The Hall–Kier alpha value is -1.78. The predicted octanol–water partition coefficient (Wildman–Crippen LogP) is 2.06. The van der Waals surface area contributed by atoms with Crippen LogP contribution in [0.1, 0.15) is 44.0 Å². The van der Waals surface area contributed by atoms with E-state index in [0.717, 1.165) is 17.3 Å². The molecule has 0 unspecified atom stereocenters. The molecule has 0 spiro atoms. The average molecular weight is 232 g/mol. The van der Waals surface area contributed by atoms with Crippen molar-refractivity contribution in [2.45, 2.75) is 39.5 Å². The van der Waals surface area contributed by atoms with Crippen LogP contribution < -0.4 is 0 Å². The van der Waals surface area contributed by atoms with Crippen molar-refractivity contribution in [3.05, 3.63) is 35.5 Å². The average Bonchev–Trinajstić information content (AvgIpc) is 2.65. The number of nitrogens with zero attached hydrogens (tertiary/aromatic N) is 4. The van der Waals surface area contributed by atoms with E-state index >= 15 is 0 Å². The maximum absolute atomic E-state index is 5.21. The Morgan fingerprint density at radius 3 is 2.59 bits per heavy atom. The van der Waals surface area contributed by atoms with E-state index in [2.05, 4.69) is 40.9 Å². The quantitative estimate of drug-likeness (QED) is 0.793. The molecule has 0 N–H and O–H groups in total. The lowest BCUT2D eigenvalue weighted by molar-refractivity contribution is 0.367. The van der Waals surface area contributed by atoms with Gasteiger partial charge >= 0.3 is 0 Å². The van der Waals surface area contributed by atoms with Crippen LogP contribution in [0, 0.1) is 6.92 Å². The minimum atomic E-state index is -0.0939. The Morgan fingerprint density at radius 1 is 1.24 bits per heavy atom. The van der Waals surface area contributed by atoms with Gasteiger partial charge in [-0.25, -0.2) is 9.97 Å². The molecular formula is C12H16N4O. The first-order valence-electron chi connectivity index (χ1n) is 5.57. The summed E-state index contributed by atoms with van der Waals surface area (Å²) >= 11 is 0. The van der Waals surface area contributed by atoms with Crippen molar-refractivity contribution >= 4 is 0 Å². The van der Waals surface area contributed by atoms with E-state index in [1.165, 1.54) is 0 Å². The largest absolute Gasteiger partial charge is 0.339 e. The zero-order chi connectivity index (χ0) is 12.5. The van der Waals surface area contributed by atoms with Crippen molar-refractivity contribution in [3.8, 4) is 0 Å². The lowest BCUT2D eigenvalue weighted by atomic mass is 9.96. The molecule has 0 aliphatic heterocycles. The first-order chi connectivity index (χ1) is 7.95. The standard InChI is InChI=1S/C12H16N4O/c1-8-13-6-5-9(14-8)7-10-15-11(16-17-10)12(2,3)4/h5-6H,7H2,1-4H3. The molecule has 0 fully saturated rings. The van der Waals surface area contributed by atoms with Crippen LogP contribution in [0.15, 0.2) is 16.8 Å². The normalized spacial score (nSPS) is 11.8. The van der Waals surface area contributed by atoms with E-state index in [1.54, 1.807) is 6.20 Å². The van der Waals surface area contributed by atoms with Crippen molar-refractivity contribution in [2.24, 2.45) is 0 Å². The molecule has 0 saturated heterocycles. The minimum Gasteiger partial charge on any atom is -0.339 e. The van der Waals surface area contributed by atoms with E-state index in [0.29, 0.717) is 12.3 Å². The van der Waals surface area contributed by atoms with Gasteiger partial charge in [0.1, 0.15) is 5.82 Å². The number of aromatic nitrogens is 4. The summed E-state index contributed by atoms with van der Waals surface area (Å²) in [6.45, 7) is 8.02. The molecule has 0 aliphatic rings. The first kappa shape index (κ1) is 11.7. The third-order valence-corrected chi connectivity index (χ3v) is 2.30. The van der Waals surface area contributed by atoms with Crippen molar-refractivity contribution in [1.29, 1.82) is 0 Å². The molecule has 2 aromatic rings. The summed E-state index contributed by atoms with van der Waals surface area (Å²) in [7, 11) is 0. The summed E-state index contributed by atoms with van der Waals surface area (Å²) in [4.78, 5) is 12.7. The molecule has 0 atom stereocenters. The fraction of sp³-hybridized carbons (Fsp3) is 0.500. The van der Waals surface area contributed by atoms with Gasteiger partial charge in [0.05, 0.1) is 12.1 Å². The van der Waals surface area contributed by atoms with Crippen LogP contribution in [-0.2, 0) is 11.8 Å². The lowest BCUT2D eigenvalue weighted by Crippen LogP contribution is -2.13. The molecule has 2 aromatic heterocycles. The SMILES string of the molecule is Cc1nccc(Cc2nc(C(C)(C)C)no2)n1. The molecular weight excluding hydrogens is 216 g/mol. The lowest BCUT2D eigenvalue weighted by Gasteiger charge is -2.10. The van der Waals surface area contributed by atoms with Gasteiger partial charge in [-0.1, -0.05) is 25.9 Å². The highest BCUT2D eigenvalue weighted by atomic mass is 16.5. The van der Waals surface area contributed by atoms with Crippen molar-refractivity contribution in [3.63, 3.8) is 0 Å².